The van der Waals surface area contributed by atoms with E-state index in [-0.39, 0.29) is 5.91 Å². The summed E-state index contributed by atoms with van der Waals surface area (Å²) in [4.78, 5) is 18.7. The van der Waals surface area contributed by atoms with Crippen LogP contribution in [0.1, 0.15) is 39.2 Å². The third kappa shape index (κ3) is 3.56. The Morgan fingerprint density at radius 1 is 1.48 bits per heavy atom. The summed E-state index contributed by atoms with van der Waals surface area (Å²) >= 11 is 0. The number of nitriles is 1. The number of carbonyl (C=O) groups excluding carboxylic acids is 1. The minimum Gasteiger partial charge on any atom is -0.337 e. The van der Waals surface area contributed by atoms with Gasteiger partial charge in [0.25, 0.3) is 0 Å². The number of aromatic nitrogens is 2. The van der Waals surface area contributed by atoms with Crippen LogP contribution in [-0.4, -0.2) is 45.5 Å². The lowest BCUT2D eigenvalue weighted by Gasteiger charge is -2.37. The van der Waals surface area contributed by atoms with E-state index in [1.54, 1.807) is 6.20 Å². The lowest BCUT2D eigenvalue weighted by atomic mass is 9.93. The first-order chi connectivity index (χ1) is 11.0. The van der Waals surface area contributed by atoms with Gasteiger partial charge < -0.3 is 9.88 Å². The van der Waals surface area contributed by atoms with E-state index in [0.29, 0.717) is 24.4 Å². The lowest BCUT2D eigenvalue weighted by Crippen LogP contribution is -2.52. The smallest absolute Gasteiger partial charge is 0.235 e. The molecule has 2 heterocycles. The molecular formula is C17H25N5O. The van der Waals surface area contributed by atoms with E-state index in [2.05, 4.69) is 32.8 Å². The number of rotatable bonds is 5. The molecule has 124 valence electrons. The third-order valence-electron chi connectivity index (χ3n) is 5.30. The van der Waals surface area contributed by atoms with Gasteiger partial charge in [-0.25, -0.2) is 4.98 Å². The van der Waals surface area contributed by atoms with E-state index in [1.807, 2.05) is 19.4 Å². The third-order valence-corrected chi connectivity index (χ3v) is 5.30. The molecule has 6 nitrogen and oxygen atoms in total. The minimum atomic E-state index is -0.704. The van der Waals surface area contributed by atoms with Crippen molar-refractivity contribution in [2.24, 2.45) is 11.8 Å². The Hall–Kier alpha value is -1.87. The highest BCUT2D eigenvalue weighted by Gasteiger charge is 2.43. The van der Waals surface area contributed by atoms with Gasteiger partial charge in [-0.3, -0.25) is 9.69 Å². The fourth-order valence-corrected chi connectivity index (χ4v) is 3.53. The summed E-state index contributed by atoms with van der Waals surface area (Å²) in [7, 11) is 0. The van der Waals surface area contributed by atoms with Crippen LogP contribution < -0.4 is 5.32 Å². The van der Waals surface area contributed by atoms with Gasteiger partial charge in [-0.15, -0.1) is 0 Å². The summed E-state index contributed by atoms with van der Waals surface area (Å²) in [5, 5.41) is 12.3. The molecule has 1 aliphatic carbocycles. The summed E-state index contributed by atoms with van der Waals surface area (Å²) in [6, 6.07) is 2.64. The molecule has 3 rings (SSSR count). The van der Waals surface area contributed by atoms with Crippen LogP contribution >= 0.6 is 0 Å². The highest BCUT2D eigenvalue weighted by Crippen LogP contribution is 2.39. The molecule has 1 saturated carbocycles. The maximum Gasteiger partial charge on any atom is 0.235 e. The molecule has 2 aliphatic rings. The van der Waals surface area contributed by atoms with Crippen LogP contribution in [0.3, 0.4) is 0 Å². The van der Waals surface area contributed by atoms with Gasteiger partial charge in [-0.2, -0.15) is 5.26 Å². The van der Waals surface area contributed by atoms with Gasteiger partial charge in [0.05, 0.1) is 18.9 Å². The zero-order chi connectivity index (χ0) is 16.4. The van der Waals surface area contributed by atoms with Crippen molar-refractivity contribution in [3.63, 3.8) is 0 Å². The molecule has 1 N–H and O–H groups in total. The predicted molar refractivity (Wildman–Crippen MR) is 86.4 cm³/mol. The fourth-order valence-electron chi connectivity index (χ4n) is 3.53. The van der Waals surface area contributed by atoms with Crippen LogP contribution in [-0.2, 0) is 4.79 Å². The first kappa shape index (κ1) is 16.0. The van der Waals surface area contributed by atoms with Crippen LogP contribution in [0.15, 0.2) is 18.7 Å². The lowest BCUT2D eigenvalue weighted by molar-refractivity contribution is -0.124. The van der Waals surface area contributed by atoms with Gasteiger partial charge in [-0.05, 0) is 44.6 Å². The van der Waals surface area contributed by atoms with Gasteiger partial charge in [-0.1, -0.05) is 6.92 Å². The second-order valence-electron chi connectivity index (χ2n) is 7.21. The van der Waals surface area contributed by atoms with Crippen LogP contribution in [0.25, 0.3) is 0 Å². The zero-order valence-corrected chi connectivity index (χ0v) is 13.9. The Morgan fingerprint density at radius 3 is 2.87 bits per heavy atom. The summed E-state index contributed by atoms with van der Waals surface area (Å²) in [6.45, 7) is 6.23. The van der Waals surface area contributed by atoms with E-state index in [1.165, 1.54) is 0 Å². The first-order valence-corrected chi connectivity index (χ1v) is 8.44. The average molecular weight is 315 g/mol. The van der Waals surface area contributed by atoms with Crippen LogP contribution in [0, 0.1) is 23.2 Å². The fraction of sp³-hybridized carbons (Fsp3) is 0.706. The van der Waals surface area contributed by atoms with E-state index in [0.717, 1.165) is 32.4 Å². The van der Waals surface area contributed by atoms with E-state index in [9.17, 15) is 10.1 Å². The minimum absolute atomic E-state index is 0.0418. The van der Waals surface area contributed by atoms with Gasteiger partial charge in [0, 0.05) is 25.0 Å². The standard InChI is InChI=1S/C17H25N5O/c1-13-5-7-21(9-15(13)22-8-6-19-12-22)10-16(23)20-17(2,11-18)14-3-4-14/h6,8,12-15H,3-5,7,9-10H2,1-2H3,(H,20,23). The normalized spacial score (nSPS) is 27.9. The Bertz CT molecular complexity index is 589. The van der Waals surface area contributed by atoms with Gasteiger partial charge >= 0.3 is 0 Å². The first-order valence-electron chi connectivity index (χ1n) is 8.44. The number of hydrogen-bond acceptors (Lipinski definition) is 4. The van der Waals surface area contributed by atoms with Crippen molar-refractivity contribution >= 4 is 5.91 Å². The molecule has 0 radical (unpaired) electrons. The summed E-state index contributed by atoms with van der Waals surface area (Å²) < 4.78 is 2.14. The SMILES string of the molecule is CC1CCN(CC(=O)NC(C)(C#N)C2CC2)CC1n1ccnc1. The quantitative estimate of drug-likeness (QED) is 0.895. The maximum absolute atomic E-state index is 12.4. The molecule has 0 bridgehead atoms. The van der Waals surface area contributed by atoms with Crippen molar-refractivity contribution in [3.8, 4) is 6.07 Å². The van der Waals surface area contributed by atoms with Crippen LogP contribution in [0.4, 0.5) is 0 Å². The van der Waals surface area contributed by atoms with Crippen molar-refractivity contribution in [1.29, 1.82) is 5.26 Å². The number of carbonyl (C=O) groups is 1. The van der Waals surface area contributed by atoms with Crippen LogP contribution in [0.2, 0.25) is 0 Å². The summed E-state index contributed by atoms with van der Waals surface area (Å²) in [5.74, 6) is 0.843. The molecule has 2 fully saturated rings. The molecule has 1 saturated heterocycles. The van der Waals surface area contributed by atoms with Crippen molar-refractivity contribution in [2.45, 2.75) is 44.7 Å². The Labute approximate surface area is 137 Å². The molecule has 1 aliphatic heterocycles. The number of piperidine rings is 1. The molecule has 0 aromatic carbocycles. The van der Waals surface area contributed by atoms with E-state index in [4.69, 9.17) is 0 Å². The molecular weight excluding hydrogens is 290 g/mol. The molecule has 3 atom stereocenters. The van der Waals surface area contributed by atoms with Crippen molar-refractivity contribution in [3.05, 3.63) is 18.7 Å². The topological polar surface area (TPSA) is 74.0 Å². The van der Waals surface area contributed by atoms with Gasteiger partial charge in [0.2, 0.25) is 5.91 Å². The zero-order valence-electron chi connectivity index (χ0n) is 13.9. The van der Waals surface area contributed by atoms with Crippen molar-refractivity contribution in [2.75, 3.05) is 19.6 Å². The number of nitrogens with one attached hydrogen (secondary N) is 1. The molecule has 1 aromatic rings. The maximum atomic E-state index is 12.4. The second-order valence-corrected chi connectivity index (χ2v) is 7.21. The number of likely N-dealkylation sites (tertiary alicyclic amines) is 1. The average Bonchev–Trinajstić information content (AvgIpc) is 3.26. The molecule has 0 spiro atoms. The summed E-state index contributed by atoms with van der Waals surface area (Å²) in [6.07, 6.45) is 8.78. The van der Waals surface area contributed by atoms with Gasteiger partial charge in [0.1, 0.15) is 5.54 Å². The largest absolute Gasteiger partial charge is 0.337 e. The van der Waals surface area contributed by atoms with Crippen LogP contribution in [0.5, 0.6) is 0 Å². The van der Waals surface area contributed by atoms with Gasteiger partial charge in [0.15, 0.2) is 0 Å². The highest BCUT2D eigenvalue weighted by molar-refractivity contribution is 5.79. The number of imidazole rings is 1. The Kier molecular flexibility index (Phi) is 4.40. The Morgan fingerprint density at radius 2 is 2.26 bits per heavy atom. The summed E-state index contributed by atoms with van der Waals surface area (Å²) in [5.41, 5.74) is -0.704. The molecule has 6 heteroatoms. The molecule has 1 amide bonds. The van der Waals surface area contributed by atoms with Crippen molar-refractivity contribution in [1.82, 2.24) is 19.8 Å². The molecule has 3 unspecified atom stereocenters. The molecule has 1 aromatic heterocycles. The van der Waals surface area contributed by atoms with E-state index < -0.39 is 5.54 Å². The number of nitrogens with zero attached hydrogens (tertiary/aromatic N) is 4. The second kappa shape index (κ2) is 6.32. The monoisotopic (exact) mass is 315 g/mol. The van der Waals surface area contributed by atoms with Crippen molar-refractivity contribution < 1.29 is 4.79 Å². The van der Waals surface area contributed by atoms with E-state index >= 15 is 0 Å². The molecule has 23 heavy (non-hydrogen) atoms. The highest BCUT2D eigenvalue weighted by atomic mass is 16.2. The predicted octanol–water partition coefficient (Wildman–Crippen LogP) is 1.57. The Balaban J connectivity index is 1.57. The number of amides is 1. The number of hydrogen-bond donors (Lipinski definition) is 1.